The lowest BCUT2D eigenvalue weighted by Crippen LogP contribution is -2.47. The van der Waals surface area contributed by atoms with Gasteiger partial charge in [-0.25, -0.2) is 4.79 Å². The fourth-order valence-electron chi connectivity index (χ4n) is 2.19. The van der Waals surface area contributed by atoms with E-state index in [9.17, 15) is 4.79 Å². The van der Waals surface area contributed by atoms with Gasteiger partial charge in [0, 0.05) is 29.9 Å². The van der Waals surface area contributed by atoms with Gasteiger partial charge in [-0.3, -0.25) is 0 Å². The highest BCUT2D eigenvalue weighted by atomic mass is 32.1. The number of hydrogen-bond donors (Lipinski definition) is 2. The summed E-state index contributed by atoms with van der Waals surface area (Å²) in [5.41, 5.74) is 7.31. The molecular weight excluding hydrogens is 224 g/mol. The summed E-state index contributed by atoms with van der Waals surface area (Å²) < 4.78 is 0. The van der Waals surface area contributed by atoms with Crippen LogP contribution in [0.25, 0.3) is 0 Å². The first-order chi connectivity index (χ1) is 7.59. The van der Waals surface area contributed by atoms with Crippen molar-refractivity contribution >= 4 is 17.4 Å². The van der Waals surface area contributed by atoms with E-state index in [2.05, 4.69) is 13.0 Å². The molecular formula is C11H16N2O2S. The molecule has 2 heterocycles. The summed E-state index contributed by atoms with van der Waals surface area (Å²) >= 11 is 1.67. The molecule has 2 unspecified atom stereocenters. The fraction of sp³-hybridized carbons (Fsp3) is 0.545. The number of rotatable bonds is 1. The molecule has 5 heteroatoms. The van der Waals surface area contributed by atoms with Gasteiger partial charge in [0.25, 0.3) is 0 Å². The summed E-state index contributed by atoms with van der Waals surface area (Å²) in [5, 5.41) is 11.0. The van der Waals surface area contributed by atoms with Crippen LogP contribution in [0.4, 0.5) is 4.79 Å². The fourth-order valence-corrected chi connectivity index (χ4v) is 3.28. The first kappa shape index (κ1) is 11.4. The highest BCUT2D eigenvalue weighted by molar-refractivity contribution is 7.10. The molecule has 88 valence electrons. The number of carbonyl (C=O) groups is 1. The molecule has 0 aromatic carbocycles. The molecule has 0 saturated carbocycles. The van der Waals surface area contributed by atoms with Crippen molar-refractivity contribution in [3.63, 3.8) is 0 Å². The molecule has 1 aromatic heterocycles. The van der Waals surface area contributed by atoms with Crippen LogP contribution >= 0.6 is 11.3 Å². The monoisotopic (exact) mass is 240 g/mol. The number of amides is 1. The van der Waals surface area contributed by atoms with Crippen molar-refractivity contribution in [1.82, 2.24) is 4.90 Å². The Kier molecular flexibility index (Phi) is 3.16. The molecule has 1 aromatic rings. The second kappa shape index (κ2) is 4.43. The van der Waals surface area contributed by atoms with E-state index < -0.39 is 6.09 Å². The van der Waals surface area contributed by atoms with Crippen LogP contribution in [0.5, 0.6) is 0 Å². The third kappa shape index (κ3) is 2.05. The second-order valence-corrected chi connectivity index (χ2v) is 5.20. The van der Waals surface area contributed by atoms with E-state index in [0.29, 0.717) is 13.1 Å². The van der Waals surface area contributed by atoms with E-state index in [4.69, 9.17) is 10.8 Å². The first-order valence-electron chi connectivity index (χ1n) is 5.37. The van der Waals surface area contributed by atoms with Crippen molar-refractivity contribution in [3.8, 4) is 0 Å². The smallest absolute Gasteiger partial charge is 0.407 e. The van der Waals surface area contributed by atoms with Crippen molar-refractivity contribution in [2.45, 2.75) is 25.3 Å². The van der Waals surface area contributed by atoms with E-state index in [1.807, 2.05) is 5.38 Å². The van der Waals surface area contributed by atoms with E-state index in [1.54, 1.807) is 11.3 Å². The molecule has 1 saturated heterocycles. The van der Waals surface area contributed by atoms with Gasteiger partial charge in [-0.05, 0) is 30.4 Å². The molecule has 1 amide bonds. The number of piperidine rings is 1. The molecule has 0 aliphatic carbocycles. The van der Waals surface area contributed by atoms with Crippen LogP contribution in [0.1, 0.15) is 22.8 Å². The zero-order valence-corrected chi connectivity index (χ0v) is 10.0. The summed E-state index contributed by atoms with van der Waals surface area (Å²) in [6, 6.07) is 2.14. The molecule has 0 spiro atoms. The van der Waals surface area contributed by atoms with E-state index in [-0.39, 0.29) is 12.0 Å². The molecule has 2 atom stereocenters. The van der Waals surface area contributed by atoms with Gasteiger partial charge in [-0.2, -0.15) is 0 Å². The second-order valence-electron chi connectivity index (χ2n) is 4.26. The Bertz CT molecular complexity index is 391. The average Bonchev–Trinajstić information content (AvgIpc) is 2.65. The van der Waals surface area contributed by atoms with Crippen LogP contribution in [-0.4, -0.2) is 35.2 Å². The van der Waals surface area contributed by atoms with Gasteiger partial charge in [0.1, 0.15) is 0 Å². The molecule has 16 heavy (non-hydrogen) atoms. The minimum absolute atomic E-state index is 0.0768. The average molecular weight is 240 g/mol. The van der Waals surface area contributed by atoms with E-state index >= 15 is 0 Å². The highest BCUT2D eigenvalue weighted by Crippen LogP contribution is 2.32. The number of aryl methyl sites for hydroxylation is 1. The molecule has 0 bridgehead atoms. The van der Waals surface area contributed by atoms with Crippen molar-refractivity contribution in [1.29, 1.82) is 0 Å². The number of likely N-dealkylation sites (tertiary alicyclic amines) is 1. The SMILES string of the molecule is Cc1ccsc1C1CN(C(=O)O)CCC1N. The first-order valence-corrected chi connectivity index (χ1v) is 6.25. The lowest BCUT2D eigenvalue weighted by atomic mass is 9.90. The molecule has 1 aliphatic heterocycles. The third-order valence-electron chi connectivity index (χ3n) is 3.18. The Hall–Kier alpha value is -1.07. The van der Waals surface area contributed by atoms with Crippen LogP contribution in [0.2, 0.25) is 0 Å². The van der Waals surface area contributed by atoms with Gasteiger partial charge in [0.15, 0.2) is 0 Å². The predicted octanol–water partition coefficient (Wildman–Crippen LogP) is 1.85. The summed E-state index contributed by atoms with van der Waals surface area (Å²) in [6.07, 6.45) is -0.0972. The van der Waals surface area contributed by atoms with Crippen LogP contribution in [0.15, 0.2) is 11.4 Å². The summed E-state index contributed by atoms with van der Waals surface area (Å²) in [4.78, 5) is 13.6. The number of thiophene rings is 1. The molecule has 1 fully saturated rings. The zero-order chi connectivity index (χ0) is 11.7. The maximum atomic E-state index is 10.9. The van der Waals surface area contributed by atoms with E-state index in [0.717, 1.165) is 6.42 Å². The highest BCUT2D eigenvalue weighted by Gasteiger charge is 2.31. The minimum atomic E-state index is -0.842. The van der Waals surface area contributed by atoms with Crippen molar-refractivity contribution < 1.29 is 9.90 Å². The van der Waals surface area contributed by atoms with Gasteiger partial charge >= 0.3 is 6.09 Å². The topological polar surface area (TPSA) is 66.6 Å². The van der Waals surface area contributed by atoms with Crippen LogP contribution < -0.4 is 5.73 Å². The Labute approximate surface area is 98.7 Å². The molecule has 0 radical (unpaired) electrons. The van der Waals surface area contributed by atoms with Crippen molar-refractivity contribution in [2.24, 2.45) is 5.73 Å². The van der Waals surface area contributed by atoms with Gasteiger partial charge in [0.2, 0.25) is 0 Å². The molecule has 4 nitrogen and oxygen atoms in total. The Morgan fingerprint density at radius 3 is 3.00 bits per heavy atom. The minimum Gasteiger partial charge on any atom is -0.465 e. The van der Waals surface area contributed by atoms with Gasteiger partial charge in [0.05, 0.1) is 0 Å². The van der Waals surface area contributed by atoms with Gasteiger partial charge < -0.3 is 15.7 Å². The largest absolute Gasteiger partial charge is 0.465 e. The molecule has 2 rings (SSSR count). The Balaban J connectivity index is 2.19. The molecule has 1 aliphatic rings. The maximum absolute atomic E-state index is 10.9. The van der Waals surface area contributed by atoms with Crippen molar-refractivity contribution in [3.05, 3.63) is 21.9 Å². The van der Waals surface area contributed by atoms with Gasteiger partial charge in [-0.15, -0.1) is 11.3 Å². The number of hydrogen-bond acceptors (Lipinski definition) is 3. The standard InChI is InChI=1S/C11H16N2O2S/c1-7-3-5-16-10(7)8-6-13(11(14)15)4-2-9(8)12/h3,5,8-9H,2,4,6,12H2,1H3,(H,14,15). The third-order valence-corrected chi connectivity index (χ3v) is 4.33. The maximum Gasteiger partial charge on any atom is 0.407 e. The summed E-state index contributed by atoms with van der Waals surface area (Å²) in [6.45, 7) is 3.13. The lowest BCUT2D eigenvalue weighted by molar-refractivity contribution is 0.126. The van der Waals surface area contributed by atoms with E-state index in [1.165, 1.54) is 15.3 Å². The Morgan fingerprint density at radius 1 is 1.69 bits per heavy atom. The quantitative estimate of drug-likeness (QED) is 0.787. The number of carboxylic acid groups (broad SMARTS) is 1. The van der Waals surface area contributed by atoms with Crippen molar-refractivity contribution in [2.75, 3.05) is 13.1 Å². The predicted molar refractivity (Wildman–Crippen MR) is 64.0 cm³/mol. The Morgan fingerprint density at radius 2 is 2.44 bits per heavy atom. The molecule has 3 N–H and O–H groups in total. The summed E-state index contributed by atoms with van der Waals surface area (Å²) in [5.74, 6) is 0.157. The van der Waals surface area contributed by atoms with Crippen LogP contribution in [0.3, 0.4) is 0 Å². The van der Waals surface area contributed by atoms with Gasteiger partial charge in [-0.1, -0.05) is 0 Å². The normalized spacial score (nSPS) is 25.8. The number of nitrogens with zero attached hydrogens (tertiary/aromatic N) is 1. The number of nitrogens with two attached hydrogens (primary N) is 1. The lowest BCUT2D eigenvalue weighted by Gasteiger charge is -2.35. The zero-order valence-electron chi connectivity index (χ0n) is 9.22. The van der Waals surface area contributed by atoms with Crippen LogP contribution in [-0.2, 0) is 0 Å². The summed E-state index contributed by atoms with van der Waals surface area (Å²) in [7, 11) is 0. The van der Waals surface area contributed by atoms with Crippen LogP contribution in [0, 0.1) is 6.92 Å².